The second-order valence-corrected chi connectivity index (χ2v) is 12.0. The van der Waals surface area contributed by atoms with Gasteiger partial charge in [0.25, 0.3) is 0 Å². The molecule has 0 spiro atoms. The van der Waals surface area contributed by atoms with E-state index in [1.54, 1.807) is 25.7 Å². The van der Waals surface area contributed by atoms with Gasteiger partial charge < -0.3 is 20.3 Å². The van der Waals surface area contributed by atoms with Gasteiger partial charge in [0, 0.05) is 12.6 Å². The molecule has 7 heteroatoms. The third-order valence-electron chi connectivity index (χ3n) is 7.43. The van der Waals surface area contributed by atoms with Crippen molar-refractivity contribution in [2.75, 3.05) is 6.54 Å². The molecule has 1 aromatic carbocycles. The summed E-state index contributed by atoms with van der Waals surface area (Å²) >= 11 is 0. The van der Waals surface area contributed by atoms with Crippen molar-refractivity contribution >= 4 is 17.9 Å². The van der Waals surface area contributed by atoms with Crippen LogP contribution in [-0.2, 0) is 14.3 Å². The quantitative estimate of drug-likeness (QED) is 0.349. The van der Waals surface area contributed by atoms with Crippen molar-refractivity contribution in [1.82, 2.24) is 15.5 Å². The van der Waals surface area contributed by atoms with Gasteiger partial charge in [-0.25, -0.2) is 4.79 Å². The smallest absolute Gasteiger partial charge is 0.408 e. The van der Waals surface area contributed by atoms with E-state index >= 15 is 0 Å². The number of ether oxygens (including phenoxy) is 1. The third kappa shape index (κ3) is 9.32. The van der Waals surface area contributed by atoms with Crippen molar-refractivity contribution in [3.63, 3.8) is 0 Å². The molecule has 3 unspecified atom stereocenters. The van der Waals surface area contributed by atoms with E-state index in [0.717, 1.165) is 55.2 Å². The highest BCUT2D eigenvalue weighted by Crippen LogP contribution is 2.29. The number of hydrogen-bond donors (Lipinski definition) is 2. The van der Waals surface area contributed by atoms with Crippen LogP contribution in [0.3, 0.4) is 0 Å². The molecule has 2 rings (SSSR count). The highest BCUT2D eigenvalue weighted by Gasteiger charge is 2.39. The van der Waals surface area contributed by atoms with Crippen molar-refractivity contribution < 1.29 is 19.1 Å². The van der Waals surface area contributed by atoms with Gasteiger partial charge in [-0.2, -0.15) is 0 Å². The molecule has 1 saturated carbocycles. The topological polar surface area (TPSA) is 87.7 Å². The Hall–Kier alpha value is -2.57. The van der Waals surface area contributed by atoms with Gasteiger partial charge in [-0.15, -0.1) is 0 Å². The number of unbranched alkanes of at least 4 members (excludes halogenated alkanes) is 1. The van der Waals surface area contributed by atoms with Gasteiger partial charge in [-0.3, -0.25) is 9.59 Å². The number of nitrogens with zero attached hydrogens (tertiary/aromatic N) is 1. The van der Waals surface area contributed by atoms with Gasteiger partial charge in [0.2, 0.25) is 11.8 Å². The number of alkyl carbamates (subject to hydrolysis) is 1. The molecule has 38 heavy (non-hydrogen) atoms. The minimum atomic E-state index is -0.804. The summed E-state index contributed by atoms with van der Waals surface area (Å²) in [7, 11) is 0. The van der Waals surface area contributed by atoms with Crippen LogP contribution in [0.2, 0.25) is 0 Å². The Morgan fingerprint density at radius 2 is 1.74 bits per heavy atom. The molecule has 0 heterocycles. The first-order valence-electron chi connectivity index (χ1n) is 14.5. The summed E-state index contributed by atoms with van der Waals surface area (Å²) < 4.78 is 5.50. The molecule has 0 bridgehead atoms. The van der Waals surface area contributed by atoms with Gasteiger partial charge >= 0.3 is 6.09 Å². The normalized spacial score (nSPS) is 16.7. The minimum Gasteiger partial charge on any atom is -0.444 e. The van der Waals surface area contributed by atoms with Crippen molar-refractivity contribution in [3.05, 3.63) is 34.9 Å². The van der Waals surface area contributed by atoms with Crippen molar-refractivity contribution in [1.29, 1.82) is 0 Å². The maximum absolute atomic E-state index is 14.3. The zero-order valence-corrected chi connectivity index (χ0v) is 25.0. The molecule has 214 valence electrons. The lowest BCUT2D eigenvalue weighted by molar-refractivity contribution is -0.144. The molecule has 1 aliphatic carbocycles. The van der Waals surface area contributed by atoms with E-state index in [-0.39, 0.29) is 23.8 Å². The Kier molecular flexibility index (Phi) is 12.1. The van der Waals surface area contributed by atoms with Gasteiger partial charge in [0.1, 0.15) is 17.7 Å². The first kappa shape index (κ1) is 31.6. The van der Waals surface area contributed by atoms with Crippen LogP contribution in [0.4, 0.5) is 4.79 Å². The van der Waals surface area contributed by atoms with Crippen LogP contribution in [0.5, 0.6) is 0 Å². The van der Waals surface area contributed by atoms with E-state index in [0.29, 0.717) is 13.0 Å². The number of carbonyl (C=O) groups is 3. The van der Waals surface area contributed by atoms with Crippen LogP contribution in [0, 0.1) is 19.8 Å². The van der Waals surface area contributed by atoms with Gasteiger partial charge in [-0.05, 0) is 70.9 Å². The number of nitrogens with one attached hydrogen (secondary N) is 2. The molecule has 3 amide bonds. The fourth-order valence-corrected chi connectivity index (χ4v) is 5.02. The lowest BCUT2D eigenvalue weighted by Crippen LogP contribution is -2.56. The molecule has 0 aliphatic heterocycles. The molecule has 0 radical (unpaired) electrons. The van der Waals surface area contributed by atoms with E-state index in [1.165, 1.54) is 6.42 Å². The molecular formula is C31H51N3O4. The largest absolute Gasteiger partial charge is 0.444 e. The molecule has 3 atom stereocenters. The summed E-state index contributed by atoms with van der Waals surface area (Å²) in [5.74, 6) is -0.529. The van der Waals surface area contributed by atoms with Gasteiger partial charge in [-0.1, -0.05) is 76.6 Å². The van der Waals surface area contributed by atoms with Crippen molar-refractivity contribution in [2.45, 2.75) is 130 Å². The lowest BCUT2D eigenvalue weighted by Gasteiger charge is -2.37. The fourth-order valence-electron chi connectivity index (χ4n) is 5.02. The van der Waals surface area contributed by atoms with Gasteiger partial charge in [0.05, 0.1) is 0 Å². The Labute approximate surface area is 230 Å². The summed E-state index contributed by atoms with van der Waals surface area (Å²) in [6.07, 6.45) is 7.03. The van der Waals surface area contributed by atoms with Crippen molar-refractivity contribution in [3.8, 4) is 0 Å². The Morgan fingerprint density at radius 3 is 2.32 bits per heavy atom. The zero-order chi connectivity index (χ0) is 28.5. The number of hydrogen-bond acceptors (Lipinski definition) is 4. The summed E-state index contributed by atoms with van der Waals surface area (Å²) in [6.45, 7) is 15.8. The Morgan fingerprint density at radius 1 is 1.08 bits per heavy atom. The Bertz CT molecular complexity index is 934. The maximum Gasteiger partial charge on any atom is 0.408 e. The summed E-state index contributed by atoms with van der Waals surface area (Å²) in [4.78, 5) is 42.9. The monoisotopic (exact) mass is 529 g/mol. The van der Waals surface area contributed by atoms with Crippen molar-refractivity contribution in [2.24, 2.45) is 5.92 Å². The third-order valence-corrected chi connectivity index (χ3v) is 7.43. The zero-order valence-electron chi connectivity index (χ0n) is 25.0. The van der Waals surface area contributed by atoms with Crippen LogP contribution >= 0.6 is 0 Å². The average molecular weight is 530 g/mol. The second-order valence-electron chi connectivity index (χ2n) is 12.0. The molecule has 7 nitrogen and oxygen atoms in total. The Balaban J connectivity index is 2.52. The minimum absolute atomic E-state index is 0.122. The molecule has 2 N–H and O–H groups in total. The molecule has 1 fully saturated rings. The summed E-state index contributed by atoms with van der Waals surface area (Å²) in [5, 5.41) is 6.13. The van der Waals surface area contributed by atoms with Crippen LogP contribution < -0.4 is 10.6 Å². The first-order chi connectivity index (χ1) is 17.9. The molecule has 1 aliphatic rings. The van der Waals surface area contributed by atoms with E-state index < -0.39 is 23.8 Å². The standard InChI is InChI=1S/C31H51N3O4/c1-9-11-19-34(29(36)26(22(4)10-2)33-30(37)38-31(6,7)8)27(25-20-21(3)17-18-23(25)5)28(35)32-24-15-13-12-14-16-24/h17-18,20,22,24,26-27H,9-16,19H2,1-8H3,(H,32,35)(H,33,37). The second kappa shape index (κ2) is 14.5. The number of amides is 3. The number of rotatable bonds is 11. The number of carbonyl (C=O) groups excluding carboxylic acids is 3. The maximum atomic E-state index is 14.3. The van der Waals surface area contributed by atoms with E-state index in [9.17, 15) is 14.4 Å². The molecule has 0 aromatic heterocycles. The van der Waals surface area contributed by atoms with Crippen LogP contribution in [-0.4, -0.2) is 47.0 Å². The van der Waals surface area contributed by atoms with E-state index in [4.69, 9.17) is 4.74 Å². The predicted octanol–water partition coefficient (Wildman–Crippen LogP) is 6.36. The van der Waals surface area contributed by atoms with Crippen LogP contribution in [0.1, 0.15) is 116 Å². The SMILES string of the molecule is CCCCN(C(=O)C(NC(=O)OC(C)(C)C)C(C)CC)C(C(=O)NC1CCCCC1)c1cc(C)ccc1C. The van der Waals surface area contributed by atoms with Crippen LogP contribution in [0.25, 0.3) is 0 Å². The van der Waals surface area contributed by atoms with E-state index in [2.05, 4.69) is 17.6 Å². The first-order valence-corrected chi connectivity index (χ1v) is 14.5. The number of aryl methyl sites for hydroxylation is 2. The highest BCUT2D eigenvalue weighted by atomic mass is 16.6. The molecule has 1 aromatic rings. The van der Waals surface area contributed by atoms with Gasteiger partial charge in [0.15, 0.2) is 0 Å². The van der Waals surface area contributed by atoms with E-state index in [1.807, 2.05) is 45.9 Å². The highest BCUT2D eigenvalue weighted by molar-refractivity contribution is 5.92. The molecule has 0 saturated heterocycles. The fraction of sp³-hybridized carbons (Fsp3) is 0.710. The predicted molar refractivity (Wildman–Crippen MR) is 153 cm³/mol. The molecular weight excluding hydrogens is 478 g/mol. The summed E-state index contributed by atoms with van der Waals surface area (Å²) in [5.41, 5.74) is 2.15. The number of benzene rings is 1. The average Bonchev–Trinajstić information content (AvgIpc) is 2.85. The van der Waals surface area contributed by atoms with Crippen LogP contribution in [0.15, 0.2) is 18.2 Å². The summed E-state index contributed by atoms with van der Waals surface area (Å²) in [6, 6.07) is 4.60. The lowest BCUT2D eigenvalue weighted by atomic mass is 9.92.